The van der Waals surface area contributed by atoms with Crippen LogP contribution in [-0.4, -0.2) is 17.7 Å². The summed E-state index contributed by atoms with van der Waals surface area (Å²) in [7, 11) is 0. The van der Waals surface area contributed by atoms with Gasteiger partial charge < -0.3 is 5.32 Å². The molecule has 0 spiro atoms. The Morgan fingerprint density at radius 1 is 1.25 bits per heavy atom. The summed E-state index contributed by atoms with van der Waals surface area (Å²) in [4.78, 5) is 23.6. The Hall–Kier alpha value is -1.64. The predicted molar refractivity (Wildman–Crippen MR) is 59.3 cm³/mol. The molecule has 0 saturated heterocycles. The third-order valence-corrected chi connectivity index (χ3v) is 3.27. The van der Waals surface area contributed by atoms with Crippen molar-refractivity contribution in [3.05, 3.63) is 35.4 Å². The highest BCUT2D eigenvalue weighted by atomic mass is 16.2. The molecule has 3 nitrogen and oxygen atoms in total. The van der Waals surface area contributed by atoms with Crippen molar-refractivity contribution in [2.24, 2.45) is 0 Å². The topological polar surface area (TPSA) is 46.2 Å². The molecule has 2 aliphatic rings. The van der Waals surface area contributed by atoms with Crippen LogP contribution in [-0.2, 0) is 4.79 Å². The number of fused-ring (bicyclic) bond motifs is 1. The standard InChI is InChI=1S/C13H13NO2/c15-12-7-11(13(16)14-8-5-6-8)9-3-1-2-4-10(9)12/h1-4,8,11H,5-7H2,(H,14,16). The molecule has 2 aliphatic carbocycles. The molecule has 1 saturated carbocycles. The van der Waals surface area contributed by atoms with Crippen molar-refractivity contribution >= 4 is 11.7 Å². The second-order valence-corrected chi connectivity index (χ2v) is 4.55. The molecule has 0 bridgehead atoms. The highest BCUT2D eigenvalue weighted by Gasteiger charge is 2.35. The third kappa shape index (κ3) is 1.52. The summed E-state index contributed by atoms with van der Waals surface area (Å²) in [6.07, 6.45) is 2.49. The molecule has 1 aromatic rings. The smallest absolute Gasteiger partial charge is 0.228 e. The molecule has 82 valence electrons. The molecule has 1 N–H and O–H groups in total. The molecule has 0 heterocycles. The van der Waals surface area contributed by atoms with Crippen LogP contribution >= 0.6 is 0 Å². The second-order valence-electron chi connectivity index (χ2n) is 4.55. The van der Waals surface area contributed by atoms with Gasteiger partial charge in [-0.05, 0) is 18.4 Å². The Morgan fingerprint density at radius 2 is 2.00 bits per heavy atom. The minimum atomic E-state index is -0.260. The summed E-state index contributed by atoms with van der Waals surface area (Å²) in [6.45, 7) is 0. The summed E-state index contributed by atoms with van der Waals surface area (Å²) in [5, 5.41) is 2.97. The van der Waals surface area contributed by atoms with Gasteiger partial charge in [-0.1, -0.05) is 24.3 Å². The van der Waals surface area contributed by atoms with Crippen molar-refractivity contribution in [3.8, 4) is 0 Å². The molecule has 1 unspecified atom stereocenters. The number of hydrogen-bond acceptors (Lipinski definition) is 2. The fourth-order valence-electron chi connectivity index (χ4n) is 2.22. The summed E-state index contributed by atoms with van der Waals surface area (Å²) in [6, 6.07) is 7.78. The van der Waals surface area contributed by atoms with E-state index in [1.807, 2.05) is 24.3 Å². The molecule has 3 rings (SSSR count). The van der Waals surface area contributed by atoms with E-state index in [0.29, 0.717) is 12.5 Å². The molecule has 0 aliphatic heterocycles. The Bertz CT molecular complexity index is 463. The molecule has 0 aromatic heterocycles. The van der Waals surface area contributed by atoms with Gasteiger partial charge in [0.05, 0.1) is 5.92 Å². The largest absolute Gasteiger partial charge is 0.353 e. The second kappa shape index (κ2) is 3.44. The molecule has 0 radical (unpaired) electrons. The van der Waals surface area contributed by atoms with Gasteiger partial charge in [-0.25, -0.2) is 0 Å². The number of amides is 1. The SMILES string of the molecule is O=C1CC(C(=O)NC2CC2)c2ccccc21. The lowest BCUT2D eigenvalue weighted by molar-refractivity contribution is -0.122. The molecular weight excluding hydrogens is 202 g/mol. The Labute approximate surface area is 93.8 Å². The molecule has 1 amide bonds. The van der Waals surface area contributed by atoms with Crippen LogP contribution in [0.5, 0.6) is 0 Å². The van der Waals surface area contributed by atoms with E-state index in [1.54, 1.807) is 0 Å². The van der Waals surface area contributed by atoms with Gasteiger partial charge in [0.1, 0.15) is 0 Å². The van der Waals surface area contributed by atoms with Crippen molar-refractivity contribution in [1.29, 1.82) is 0 Å². The summed E-state index contributed by atoms with van der Waals surface area (Å²) < 4.78 is 0. The van der Waals surface area contributed by atoms with E-state index in [1.165, 1.54) is 0 Å². The molecule has 1 aromatic carbocycles. The van der Waals surface area contributed by atoms with Gasteiger partial charge in [-0.2, -0.15) is 0 Å². The van der Waals surface area contributed by atoms with Crippen LogP contribution in [0.4, 0.5) is 0 Å². The van der Waals surface area contributed by atoms with Crippen LogP contribution in [0, 0.1) is 0 Å². The zero-order chi connectivity index (χ0) is 11.1. The van der Waals surface area contributed by atoms with Crippen molar-refractivity contribution in [2.45, 2.75) is 31.2 Å². The average molecular weight is 215 g/mol. The maximum absolute atomic E-state index is 11.9. The maximum atomic E-state index is 11.9. The van der Waals surface area contributed by atoms with Crippen molar-refractivity contribution in [1.82, 2.24) is 5.32 Å². The van der Waals surface area contributed by atoms with Gasteiger partial charge in [0.15, 0.2) is 5.78 Å². The fraction of sp³-hybridized carbons (Fsp3) is 0.385. The van der Waals surface area contributed by atoms with Crippen LogP contribution in [0.15, 0.2) is 24.3 Å². The van der Waals surface area contributed by atoms with Crippen LogP contribution in [0.1, 0.15) is 41.1 Å². The zero-order valence-electron chi connectivity index (χ0n) is 8.90. The van der Waals surface area contributed by atoms with Gasteiger partial charge in [0.2, 0.25) is 5.91 Å². The molecule has 16 heavy (non-hydrogen) atoms. The monoisotopic (exact) mass is 215 g/mol. The Kier molecular flexibility index (Phi) is 2.06. The van der Waals surface area contributed by atoms with E-state index >= 15 is 0 Å². The third-order valence-electron chi connectivity index (χ3n) is 3.27. The number of ketones is 1. The zero-order valence-corrected chi connectivity index (χ0v) is 8.90. The number of Topliss-reactive ketones (excluding diaryl/α,β-unsaturated/α-hetero) is 1. The number of benzene rings is 1. The van der Waals surface area contributed by atoms with Crippen molar-refractivity contribution < 1.29 is 9.59 Å². The first kappa shape index (κ1) is 9.58. The number of carbonyl (C=O) groups is 2. The average Bonchev–Trinajstić information content (AvgIpc) is 3.03. The van der Waals surface area contributed by atoms with Crippen LogP contribution in [0.3, 0.4) is 0 Å². The fourth-order valence-corrected chi connectivity index (χ4v) is 2.22. The maximum Gasteiger partial charge on any atom is 0.228 e. The number of hydrogen-bond donors (Lipinski definition) is 1. The van der Waals surface area contributed by atoms with Crippen molar-refractivity contribution in [2.75, 3.05) is 0 Å². The first-order valence-corrected chi connectivity index (χ1v) is 5.68. The highest BCUT2D eigenvalue weighted by molar-refractivity contribution is 6.06. The van der Waals surface area contributed by atoms with E-state index in [-0.39, 0.29) is 17.6 Å². The first-order valence-electron chi connectivity index (χ1n) is 5.68. The molecule has 1 fully saturated rings. The first-order chi connectivity index (χ1) is 7.75. The Morgan fingerprint density at radius 3 is 2.75 bits per heavy atom. The predicted octanol–water partition coefficient (Wildman–Crippen LogP) is 1.64. The van der Waals surface area contributed by atoms with E-state index in [0.717, 1.165) is 24.0 Å². The summed E-state index contributed by atoms with van der Waals surface area (Å²) >= 11 is 0. The number of rotatable bonds is 2. The minimum absolute atomic E-state index is 0.0146. The minimum Gasteiger partial charge on any atom is -0.353 e. The van der Waals surface area contributed by atoms with Gasteiger partial charge in [0.25, 0.3) is 0 Å². The summed E-state index contributed by atoms with van der Waals surface area (Å²) in [5.41, 5.74) is 1.61. The normalized spacial score (nSPS) is 23.0. The highest BCUT2D eigenvalue weighted by Crippen LogP contribution is 2.33. The van der Waals surface area contributed by atoms with Crippen LogP contribution in [0.2, 0.25) is 0 Å². The van der Waals surface area contributed by atoms with Crippen LogP contribution < -0.4 is 5.32 Å². The van der Waals surface area contributed by atoms with Gasteiger partial charge in [0, 0.05) is 18.0 Å². The Balaban J connectivity index is 1.87. The molecule has 1 atom stereocenters. The number of nitrogens with one attached hydrogen (secondary N) is 1. The van der Waals surface area contributed by atoms with Gasteiger partial charge >= 0.3 is 0 Å². The van der Waals surface area contributed by atoms with E-state index in [2.05, 4.69) is 5.32 Å². The van der Waals surface area contributed by atoms with Gasteiger partial charge in [-0.3, -0.25) is 9.59 Å². The lowest BCUT2D eigenvalue weighted by Crippen LogP contribution is -2.30. The van der Waals surface area contributed by atoms with E-state index in [4.69, 9.17) is 0 Å². The van der Waals surface area contributed by atoms with Crippen LogP contribution in [0.25, 0.3) is 0 Å². The number of carbonyl (C=O) groups excluding carboxylic acids is 2. The van der Waals surface area contributed by atoms with Gasteiger partial charge in [-0.15, -0.1) is 0 Å². The van der Waals surface area contributed by atoms with E-state index < -0.39 is 0 Å². The lowest BCUT2D eigenvalue weighted by Gasteiger charge is -2.10. The quantitative estimate of drug-likeness (QED) is 0.815. The lowest BCUT2D eigenvalue weighted by atomic mass is 10.0. The van der Waals surface area contributed by atoms with E-state index in [9.17, 15) is 9.59 Å². The molecule has 3 heteroatoms. The summed E-state index contributed by atoms with van der Waals surface area (Å²) in [5.74, 6) is -0.156. The molecular formula is C13H13NO2. The van der Waals surface area contributed by atoms with Crippen molar-refractivity contribution in [3.63, 3.8) is 0 Å².